The first-order valence-corrected chi connectivity index (χ1v) is 7.20. The van der Waals surface area contributed by atoms with Gasteiger partial charge in [0, 0.05) is 35.8 Å². The number of halogens is 1. The van der Waals surface area contributed by atoms with E-state index in [-0.39, 0.29) is 0 Å². The first-order chi connectivity index (χ1) is 10.2. The van der Waals surface area contributed by atoms with Gasteiger partial charge in [-0.3, -0.25) is 0 Å². The zero-order valence-corrected chi connectivity index (χ0v) is 12.6. The van der Waals surface area contributed by atoms with Crippen LogP contribution >= 0.6 is 11.6 Å². The number of methoxy groups -OCH3 is 1. The minimum absolute atomic E-state index is 0.462. The van der Waals surface area contributed by atoms with Crippen LogP contribution < -0.4 is 10.5 Å². The normalized spacial score (nSPS) is 11.0. The summed E-state index contributed by atoms with van der Waals surface area (Å²) in [7, 11) is 1.66. The second-order valence-corrected chi connectivity index (χ2v) is 5.38. The fraction of sp³-hybridized carbons (Fsp3) is 0.176. The van der Waals surface area contributed by atoms with Crippen LogP contribution in [-0.2, 0) is 13.1 Å². The Labute approximate surface area is 128 Å². The molecule has 1 heterocycles. The lowest BCUT2D eigenvalue weighted by molar-refractivity contribution is 0.409. The Morgan fingerprint density at radius 3 is 2.76 bits per heavy atom. The molecule has 4 heteroatoms. The van der Waals surface area contributed by atoms with Crippen molar-refractivity contribution in [3.05, 3.63) is 64.8 Å². The van der Waals surface area contributed by atoms with E-state index in [0.29, 0.717) is 6.54 Å². The van der Waals surface area contributed by atoms with Gasteiger partial charge in [0.15, 0.2) is 0 Å². The molecule has 0 amide bonds. The van der Waals surface area contributed by atoms with Crippen molar-refractivity contribution in [3.8, 4) is 5.75 Å². The predicted octanol–water partition coefficient (Wildman–Crippen LogP) is 3.81. The van der Waals surface area contributed by atoms with Crippen molar-refractivity contribution >= 4 is 22.5 Å². The quantitative estimate of drug-likeness (QED) is 0.796. The van der Waals surface area contributed by atoms with Crippen LogP contribution in [0.1, 0.15) is 11.1 Å². The van der Waals surface area contributed by atoms with Gasteiger partial charge in [-0.25, -0.2) is 0 Å². The second-order valence-electron chi connectivity index (χ2n) is 4.97. The highest BCUT2D eigenvalue weighted by atomic mass is 35.5. The third-order valence-corrected chi connectivity index (χ3v) is 3.96. The number of nitrogens with zero attached hydrogens (tertiary/aromatic N) is 1. The summed E-state index contributed by atoms with van der Waals surface area (Å²) in [5.74, 6) is 0.830. The van der Waals surface area contributed by atoms with E-state index in [1.165, 1.54) is 5.56 Å². The Kier molecular flexibility index (Phi) is 3.86. The summed E-state index contributed by atoms with van der Waals surface area (Å²) < 4.78 is 7.46. The highest BCUT2D eigenvalue weighted by Gasteiger charge is 2.08. The topological polar surface area (TPSA) is 40.2 Å². The van der Waals surface area contributed by atoms with Crippen molar-refractivity contribution in [2.75, 3.05) is 7.11 Å². The number of para-hydroxylation sites is 1. The van der Waals surface area contributed by atoms with Gasteiger partial charge in [0.25, 0.3) is 0 Å². The van der Waals surface area contributed by atoms with Crippen LogP contribution in [0.4, 0.5) is 0 Å². The van der Waals surface area contributed by atoms with Gasteiger partial charge in [0.2, 0.25) is 0 Å². The van der Waals surface area contributed by atoms with Gasteiger partial charge in [0.05, 0.1) is 12.1 Å². The van der Waals surface area contributed by atoms with Crippen molar-refractivity contribution in [3.63, 3.8) is 0 Å². The summed E-state index contributed by atoms with van der Waals surface area (Å²) in [5, 5.41) is 1.85. The molecule has 0 unspecified atom stereocenters. The monoisotopic (exact) mass is 300 g/mol. The summed E-state index contributed by atoms with van der Waals surface area (Å²) in [6, 6.07) is 14.2. The second kappa shape index (κ2) is 5.80. The van der Waals surface area contributed by atoms with Gasteiger partial charge in [-0.15, -0.1) is 0 Å². The van der Waals surface area contributed by atoms with E-state index < -0.39 is 0 Å². The van der Waals surface area contributed by atoms with Crippen LogP contribution in [0.5, 0.6) is 5.75 Å². The van der Waals surface area contributed by atoms with Crippen molar-refractivity contribution in [1.82, 2.24) is 4.57 Å². The third-order valence-electron chi connectivity index (χ3n) is 3.66. The molecule has 1 aromatic heterocycles. The van der Waals surface area contributed by atoms with E-state index in [1.807, 2.05) is 30.5 Å². The van der Waals surface area contributed by atoms with Crippen LogP contribution in [-0.4, -0.2) is 11.7 Å². The number of hydrogen-bond acceptors (Lipinski definition) is 2. The molecule has 0 radical (unpaired) electrons. The first kappa shape index (κ1) is 14.0. The third kappa shape index (κ3) is 2.62. The molecule has 3 nitrogen and oxygen atoms in total. The lowest BCUT2D eigenvalue weighted by Crippen LogP contribution is -2.03. The van der Waals surface area contributed by atoms with Gasteiger partial charge in [-0.05, 0) is 23.8 Å². The maximum absolute atomic E-state index is 6.29. The van der Waals surface area contributed by atoms with E-state index >= 15 is 0 Å². The van der Waals surface area contributed by atoms with Gasteiger partial charge in [0.1, 0.15) is 5.75 Å². The molecule has 3 aromatic rings. The van der Waals surface area contributed by atoms with E-state index in [1.54, 1.807) is 7.11 Å². The molecule has 0 aliphatic carbocycles. The molecule has 0 bridgehead atoms. The van der Waals surface area contributed by atoms with Gasteiger partial charge in [-0.2, -0.15) is 0 Å². The molecule has 0 spiro atoms. The Morgan fingerprint density at radius 1 is 1.19 bits per heavy atom. The smallest absolute Gasteiger partial charge is 0.123 e. The van der Waals surface area contributed by atoms with Crippen LogP contribution in [0.2, 0.25) is 5.02 Å². The van der Waals surface area contributed by atoms with E-state index in [9.17, 15) is 0 Å². The average Bonchev–Trinajstić information content (AvgIpc) is 2.84. The number of hydrogen-bond donors (Lipinski definition) is 1. The predicted molar refractivity (Wildman–Crippen MR) is 86.9 cm³/mol. The summed E-state index contributed by atoms with van der Waals surface area (Å²) in [5.41, 5.74) is 9.09. The highest BCUT2D eigenvalue weighted by molar-refractivity contribution is 6.35. The lowest BCUT2D eigenvalue weighted by Gasteiger charge is -2.10. The molecular weight excluding hydrogens is 284 g/mol. The van der Waals surface area contributed by atoms with Crippen molar-refractivity contribution in [2.45, 2.75) is 13.1 Å². The zero-order chi connectivity index (χ0) is 14.8. The summed E-state index contributed by atoms with van der Waals surface area (Å²) in [4.78, 5) is 0. The van der Waals surface area contributed by atoms with Crippen molar-refractivity contribution in [2.24, 2.45) is 5.73 Å². The van der Waals surface area contributed by atoms with Crippen LogP contribution in [0.15, 0.2) is 48.7 Å². The number of benzene rings is 2. The van der Waals surface area contributed by atoms with Crippen molar-refractivity contribution in [1.29, 1.82) is 0 Å². The Balaban J connectivity index is 1.99. The summed E-state index contributed by atoms with van der Waals surface area (Å²) in [6.45, 7) is 1.22. The molecule has 3 rings (SSSR count). The maximum atomic E-state index is 6.29. The average molecular weight is 301 g/mol. The fourth-order valence-corrected chi connectivity index (χ4v) is 2.90. The minimum Gasteiger partial charge on any atom is -0.496 e. The zero-order valence-electron chi connectivity index (χ0n) is 11.8. The van der Waals surface area contributed by atoms with E-state index in [0.717, 1.165) is 33.8 Å². The number of nitrogens with two attached hydrogens (primary N) is 1. The van der Waals surface area contributed by atoms with Gasteiger partial charge >= 0.3 is 0 Å². The summed E-state index contributed by atoms with van der Waals surface area (Å²) in [6.07, 6.45) is 1.97. The van der Waals surface area contributed by atoms with Crippen LogP contribution in [0.25, 0.3) is 10.9 Å². The molecule has 108 valence electrons. The fourth-order valence-electron chi connectivity index (χ4n) is 2.62. The Bertz CT molecular complexity index is 780. The van der Waals surface area contributed by atoms with Crippen LogP contribution in [0.3, 0.4) is 0 Å². The molecular formula is C17H17ClN2O. The Hall–Kier alpha value is -1.97. The molecule has 2 aromatic carbocycles. The first-order valence-electron chi connectivity index (χ1n) is 6.82. The number of rotatable bonds is 4. The molecule has 21 heavy (non-hydrogen) atoms. The molecule has 0 aliphatic rings. The molecule has 0 fully saturated rings. The SMILES string of the molecule is COc1ccc(Cn2cc(Cl)c3ccccc32)cc1CN. The standard InChI is InChI=1S/C17H17ClN2O/c1-21-17-7-6-12(8-13(17)9-19)10-20-11-15(18)14-4-2-3-5-16(14)20/h2-8,11H,9-10,19H2,1H3. The van der Waals surface area contributed by atoms with E-state index in [2.05, 4.69) is 22.8 Å². The largest absolute Gasteiger partial charge is 0.496 e. The molecule has 0 saturated heterocycles. The van der Waals surface area contributed by atoms with Crippen molar-refractivity contribution < 1.29 is 4.74 Å². The number of aromatic nitrogens is 1. The number of fused-ring (bicyclic) bond motifs is 1. The van der Waals surface area contributed by atoms with Gasteiger partial charge in [-0.1, -0.05) is 35.9 Å². The Morgan fingerprint density at radius 2 is 2.00 bits per heavy atom. The molecule has 0 saturated carbocycles. The van der Waals surface area contributed by atoms with Gasteiger partial charge < -0.3 is 15.0 Å². The molecule has 2 N–H and O–H groups in total. The van der Waals surface area contributed by atoms with Crippen LogP contribution in [0, 0.1) is 0 Å². The summed E-state index contributed by atoms with van der Waals surface area (Å²) >= 11 is 6.29. The maximum Gasteiger partial charge on any atom is 0.123 e. The highest BCUT2D eigenvalue weighted by Crippen LogP contribution is 2.27. The molecule has 0 atom stereocenters. The van der Waals surface area contributed by atoms with E-state index in [4.69, 9.17) is 22.1 Å². The molecule has 0 aliphatic heterocycles. The minimum atomic E-state index is 0.462. The lowest BCUT2D eigenvalue weighted by atomic mass is 10.1. The number of ether oxygens (including phenoxy) is 1.